The van der Waals surface area contributed by atoms with Gasteiger partial charge in [0.15, 0.2) is 0 Å². The minimum absolute atomic E-state index is 0.0115. The van der Waals surface area contributed by atoms with E-state index in [0.29, 0.717) is 13.2 Å². The van der Waals surface area contributed by atoms with Gasteiger partial charge in [0.25, 0.3) is 0 Å². The summed E-state index contributed by atoms with van der Waals surface area (Å²) in [5, 5.41) is 0. The quantitative estimate of drug-likeness (QED) is 0.514. The Kier molecular flexibility index (Phi) is 4.96. The second-order valence-electron chi connectivity index (χ2n) is 11.4. The van der Waals surface area contributed by atoms with Crippen molar-refractivity contribution in [1.82, 2.24) is 0 Å². The maximum Gasteiger partial charge on any atom is 0.309 e. The van der Waals surface area contributed by atoms with E-state index in [0.717, 1.165) is 25.0 Å². The monoisotopic (exact) mass is 432 g/mol. The lowest BCUT2D eigenvalue weighted by Crippen LogP contribution is -2.33. The third-order valence-electron chi connectivity index (χ3n) is 8.43. The highest BCUT2D eigenvalue weighted by atomic mass is 16.5. The van der Waals surface area contributed by atoms with Crippen molar-refractivity contribution < 1.29 is 14.3 Å². The topological polar surface area (TPSA) is 35.5 Å². The molecule has 0 unspecified atom stereocenters. The molecule has 2 aromatic rings. The molecule has 0 bridgehead atoms. The SMILES string of the molecule is CCOC(=O)[C@@H]1C[C@]12CCc1ccc(OCc3ccc4c(c3)C(C)(C)CCC4(C)C)cc12. The van der Waals surface area contributed by atoms with Crippen LogP contribution in [-0.4, -0.2) is 12.6 Å². The van der Waals surface area contributed by atoms with Crippen molar-refractivity contribution in [3.8, 4) is 5.75 Å². The van der Waals surface area contributed by atoms with E-state index in [9.17, 15) is 4.79 Å². The number of ether oxygens (including phenoxy) is 2. The molecule has 1 spiro atoms. The van der Waals surface area contributed by atoms with Crippen molar-refractivity contribution in [3.05, 3.63) is 64.2 Å². The molecule has 0 aliphatic heterocycles. The van der Waals surface area contributed by atoms with E-state index in [-0.39, 0.29) is 28.1 Å². The Balaban J connectivity index is 1.34. The first-order valence-corrected chi connectivity index (χ1v) is 12.2. The number of carbonyl (C=O) groups is 1. The average molecular weight is 433 g/mol. The minimum atomic E-state index is -0.0359. The Bertz CT molecular complexity index is 1060. The van der Waals surface area contributed by atoms with Gasteiger partial charge >= 0.3 is 5.97 Å². The van der Waals surface area contributed by atoms with Crippen LogP contribution in [0.1, 0.15) is 88.1 Å². The Morgan fingerprint density at radius 3 is 2.44 bits per heavy atom. The maximum atomic E-state index is 12.3. The number of benzene rings is 2. The molecule has 3 nitrogen and oxygen atoms in total. The molecule has 2 aromatic carbocycles. The van der Waals surface area contributed by atoms with Crippen LogP contribution in [0.5, 0.6) is 5.75 Å². The summed E-state index contributed by atoms with van der Waals surface area (Å²) in [5.41, 5.74) is 7.27. The highest BCUT2D eigenvalue weighted by molar-refractivity contribution is 5.80. The van der Waals surface area contributed by atoms with Crippen LogP contribution in [-0.2, 0) is 38.8 Å². The summed E-state index contributed by atoms with van der Waals surface area (Å²) in [4.78, 5) is 12.3. The Hall–Kier alpha value is -2.29. The molecule has 2 atom stereocenters. The van der Waals surface area contributed by atoms with E-state index in [1.165, 1.54) is 40.7 Å². The standard InChI is InChI=1S/C29H36O3/c1-6-31-26(30)25-17-29(25)12-11-20-8-9-21(16-23(20)29)32-18-19-7-10-22-24(15-19)28(4,5)14-13-27(22,2)3/h7-10,15-16,25H,6,11-14,17-18H2,1-5H3/t25-,29-/m0/s1. The summed E-state index contributed by atoms with van der Waals surface area (Å²) in [6.07, 6.45) is 5.45. The van der Waals surface area contributed by atoms with Crippen molar-refractivity contribution in [3.63, 3.8) is 0 Å². The number of hydrogen-bond donors (Lipinski definition) is 0. The van der Waals surface area contributed by atoms with E-state index in [2.05, 4.69) is 64.1 Å². The predicted octanol–water partition coefficient (Wildman–Crippen LogP) is 6.38. The number of carbonyl (C=O) groups excluding carboxylic acids is 1. The van der Waals surface area contributed by atoms with Crippen LogP contribution in [0.2, 0.25) is 0 Å². The maximum absolute atomic E-state index is 12.3. The van der Waals surface area contributed by atoms with Gasteiger partial charge in [0.05, 0.1) is 12.5 Å². The highest BCUT2D eigenvalue weighted by Crippen LogP contribution is 2.62. The van der Waals surface area contributed by atoms with Crippen LogP contribution in [0.25, 0.3) is 0 Å². The smallest absolute Gasteiger partial charge is 0.309 e. The molecule has 5 rings (SSSR count). The van der Waals surface area contributed by atoms with Gasteiger partial charge in [-0.25, -0.2) is 0 Å². The van der Waals surface area contributed by atoms with Crippen LogP contribution in [0.3, 0.4) is 0 Å². The molecule has 3 aliphatic carbocycles. The van der Waals surface area contributed by atoms with E-state index in [4.69, 9.17) is 9.47 Å². The molecule has 0 N–H and O–H groups in total. The van der Waals surface area contributed by atoms with E-state index < -0.39 is 0 Å². The molecule has 1 saturated carbocycles. The number of fused-ring (bicyclic) bond motifs is 3. The van der Waals surface area contributed by atoms with Gasteiger partial charge in [-0.05, 0) is 89.8 Å². The van der Waals surface area contributed by atoms with Gasteiger partial charge in [0, 0.05) is 5.41 Å². The van der Waals surface area contributed by atoms with Gasteiger partial charge < -0.3 is 9.47 Å². The molecule has 3 aliphatic rings. The zero-order chi connectivity index (χ0) is 22.7. The van der Waals surface area contributed by atoms with Gasteiger partial charge in [0.2, 0.25) is 0 Å². The summed E-state index contributed by atoms with van der Waals surface area (Å²) < 4.78 is 11.6. The van der Waals surface area contributed by atoms with Gasteiger partial charge in [-0.15, -0.1) is 0 Å². The van der Waals surface area contributed by atoms with Gasteiger partial charge in [-0.3, -0.25) is 4.79 Å². The Labute approximate surface area is 192 Å². The van der Waals surface area contributed by atoms with Crippen molar-refractivity contribution in [2.45, 2.75) is 89.6 Å². The van der Waals surface area contributed by atoms with E-state index in [1.807, 2.05) is 6.92 Å². The molecule has 0 radical (unpaired) electrons. The molecule has 0 saturated heterocycles. The largest absolute Gasteiger partial charge is 0.489 e. The average Bonchev–Trinajstić information content (AvgIpc) is 3.39. The zero-order valence-electron chi connectivity index (χ0n) is 20.2. The highest BCUT2D eigenvalue weighted by Gasteiger charge is 2.62. The Morgan fingerprint density at radius 2 is 1.69 bits per heavy atom. The molecular weight excluding hydrogens is 396 g/mol. The summed E-state index contributed by atoms with van der Waals surface area (Å²) in [6, 6.07) is 13.4. The van der Waals surface area contributed by atoms with Gasteiger partial charge in [-0.2, -0.15) is 0 Å². The Morgan fingerprint density at radius 1 is 0.938 bits per heavy atom. The lowest BCUT2D eigenvalue weighted by Gasteiger charge is -2.42. The number of rotatable bonds is 5. The molecule has 0 amide bonds. The first-order chi connectivity index (χ1) is 15.2. The normalized spacial score (nSPS) is 26.3. The fraction of sp³-hybridized carbons (Fsp3) is 0.552. The van der Waals surface area contributed by atoms with Gasteiger partial charge in [-0.1, -0.05) is 52.0 Å². The van der Waals surface area contributed by atoms with Crippen molar-refractivity contribution in [2.24, 2.45) is 5.92 Å². The van der Waals surface area contributed by atoms with Crippen LogP contribution in [0.15, 0.2) is 36.4 Å². The first kappa shape index (κ1) is 21.6. The molecule has 32 heavy (non-hydrogen) atoms. The van der Waals surface area contributed by atoms with Crippen LogP contribution in [0, 0.1) is 5.92 Å². The van der Waals surface area contributed by atoms with E-state index in [1.54, 1.807) is 0 Å². The summed E-state index contributed by atoms with van der Waals surface area (Å²) >= 11 is 0. The summed E-state index contributed by atoms with van der Waals surface area (Å²) in [7, 11) is 0. The number of esters is 1. The van der Waals surface area contributed by atoms with Crippen molar-refractivity contribution in [2.75, 3.05) is 6.61 Å². The van der Waals surface area contributed by atoms with Crippen molar-refractivity contribution >= 4 is 5.97 Å². The number of aryl methyl sites for hydroxylation is 1. The fourth-order valence-electron chi connectivity index (χ4n) is 6.14. The molecule has 0 heterocycles. The summed E-state index contributed by atoms with van der Waals surface area (Å²) in [5.74, 6) is 0.883. The van der Waals surface area contributed by atoms with E-state index >= 15 is 0 Å². The third kappa shape index (κ3) is 3.45. The third-order valence-corrected chi connectivity index (χ3v) is 8.43. The molecule has 1 fully saturated rings. The van der Waals surface area contributed by atoms with Crippen LogP contribution < -0.4 is 4.74 Å². The van der Waals surface area contributed by atoms with Gasteiger partial charge in [0.1, 0.15) is 12.4 Å². The van der Waals surface area contributed by atoms with Crippen LogP contribution in [0.4, 0.5) is 0 Å². The summed E-state index contributed by atoms with van der Waals surface area (Å²) in [6.45, 7) is 12.3. The predicted molar refractivity (Wildman–Crippen MR) is 127 cm³/mol. The molecule has 0 aromatic heterocycles. The second kappa shape index (κ2) is 7.37. The van der Waals surface area contributed by atoms with Crippen molar-refractivity contribution in [1.29, 1.82) is 0 Å². The fourth-order valence-corrected chi connectivity index (χ4v) is 6.14. The molecule has 3 heteroatoms. The molecule has 170 valence electrons. The first-order valence-electron chi connectivity index (χ1n) is 12.2. The minimum Gasteiger partial charge on any atom is -0.489 e. The molecular formula is C29H36O3. The number of hydrogen-bond acceptors (Lipinski definition) is 3. The van der Waals surface area contributed by atoms with Crippen LogP contribution >= 0.6 is 0 Å². The second-order valence-corrected chi connectivity index (χ2v) is 11.4. The lowest BCUT2D eigenvalue weighted by atomic mass is 9.63. The lowest BCUT2D eigenvalue weighted by molar-refractivity contribution is -0.145. The zero-order valence-corrected chi connectivity index (χ0v) is 20.2.